The molecule has 2 amide bonds. The van der Waals surface area contributed by atoms with E-state index in [-0.39, 0.29) is 11.8 Å². The lowest BCUT2D eigenvalue weighted by Crippen LogP contribution is -2.36. The molecule has 4 nitrogen and oxygen atoms in total. The molecule has 0 bridgehead atoms. The van der Waals surface area contributed by atoms with Gasteiger partial charge in [0.05, 0.1) is 23.8 Å². The van der Waals surface area contributed by atoms with Crippen molar-refractivity contribution < 1.29 is 9.59 Å². The van der Waals surface area contributed by atoms with Crippen molar-refractivity contribution in [2.45, 2.75) is 13.5 Å². The van der Waals surface area contributed by atoms with E-state index in [0.29, 0.717) is 13.1 Å². The lowest BCUT2D eigenvalue weighted by molar-refractivity contribution is -0.121. The zero-order valence-electron chi connectivity index (χ0n) is 12.5. The number of fused-ring (bicyclic) bond motifs is 1. The average molecular weight is 294 g/mol. The van der Waals surface area contributed by atoms with Gasteiger partial charge in [0.15, 0.2) is 0 Å². The molecule has 22 heavy (non-hydrogen) atoms. The molecule has 0 aliphatic carbocycles. The third-order valence-corrected chi connectivity index (χ3v) is 3.95. The van der Waals surface area contributed by atoms with Crippen molar-refractivity contribution in [3.63, 3.8) is 0 Å². The standard InChI is InChI=1S/C18H18N2O2/c1-14-11-19(13-21)16-9-5-6-10-17(16)20(18(14)22)12-15-7-3-2-4-8-15/h2-10,13-14H,11-12H2,1H3/t14-/m0/s1. The van der Waals surface area contributed by atoms with E-state index in [1.165, 1.54) is 0 Å². The van der Waals surface area contributed by atoms with Crippen LogP contribution in [0, 0.1) is 5.92 Å². The van der Waals surface area contributed by atoms with Crippen LogP contribution in [0.5, 0.6) is 0 Å². The molecule has 1 heterocycles. The van der Waals surface area contributed by atoms with Crippen LogP contribution in [0.15, 0.2) is 54.6 Å². The Bertz CT molecular complexity index is 684. The fourth-order valence-corrected chi connectivity index (χ4v) is 2.82. The molecule has 0 saturated carbocycles. The average Bonchev–Trinajstić information content (AvgIpc) is 2.66. The van der Waals surface area contributed by atoms with Gasteiger partial charge in [-0.3, -0.25) is 9.59 Å². The zero-order valence-corrected chi connectivity index (χ0v) is 12.5. The lowest BCUT2D eigenvalue weighted by atomic mass is 10.1. The molecule has 4 heteroatoms. The summed E-state index contributed by atoms with van der Waals surface area (Å²) in [5.41, 5.74) is 2.64. The molecular formula is C18H18N2O2. The van der Waals surface area contributed by atoms with E-state index in [2.05, 4.69) is 0 Å². The predicted molar refractivity (Wildman–Crippen MR) is 86.6 cm³/mol. The van der Waals surface area contributed by atoms with Gasteiger partial charge in [0.1, 0.15) is 0 Å². The first-order valence-electron chi connectivity index (χ1n) is 7.37. The number of carbonyl (C=O) groups excluding carboxylic acids is 2. The van der Waals surface area contributed by atoms with Crippen molar-refractivity contribution >= 4 is 23.7 Å². The Morgan fingerprint density at radius 1 is 1.05 bits per heavy atom. The van der Waals surface area contributed by atoms with E-state index in [1.807, 2.05) is 61.5 Å². The van der Waals surface area contributed by atoms with Crippen molar-refractivity contribution in [2.24, 2.45) is 5.92 Å². The molecule has 0 spiro atoms. The number of amides is 2. The van der Waals surface area contributed by atoms with Crippen LogP contribution in [-0.2, 0) is 16.1 Å². The van der Waals surface area contributed by atoms with Gasteiger partial charge in [-0.15, -0.1) is 0 Å². The van der Waals surface area contributed by atoms with Crippen LogP contribution in [0.3, 0.4) is 0 Å². The first-order valence-corrected chi connectivity index (χ1v) is 7.37. The molecular weight excluding hydrogens is 276 g/mol. The summed E-state index contributed by atoms with van der Waals surface area (Å²) < 4.78 is 0. The summed E-state index contributed by atoms with van der Waals surface area (Å²) in [4.78, 5) is 27.5. The fraction of sp³-hybridized carbons (Fsp3) is 0.222. The quantitative estimate of drug-likeness (QED) is 0.817. The minimum absolute atomic E-state index is 0.0423. The third-order valence-electron chi connectivity index (χ3n) is 3.95. The van der Waals surface area contributed by atoms with Gasteiger partial charge in [-0.25, -0.2) is 0 Å². The Kier molecular flexibility index (Phi) is 3.92. The van der Waals surface area contributed by atoms with Crippen LogP contribution in [0.2, 0.25) is 0 Å². The van der Waals surface area contributed by atoms with Gasteiger partial charge in [-0.1, -0.05) is 49.4 Å². The van der Waals surface area contributed by atoms with E-state index in [4.69, 9.17) is 0 Å². The number of carbonyl (C=O) groups is 2. The molecule has 0 saturated heterocycles. The summed E-state index contributed by atoms with van der Waals surface area (Å²) in [7, 11) is 0. The maximum absolute atomic E-state index is 12.8. The summed E-state index contributed by atoms with van der Waals surface area (Å²) in [5.74, 6) is -0.193. The first kappa shape index (κ1) is 14.3. The summed E-state index contributed by atoms with van der Waals surface area (Å²) >= 11 is 0. The molecule has 0 fully saturated rings. The Balaban J connectivity index is 2.05. The SMILES string of the molecule is C[C@H]1CN(C=O)c2ccccc2N(Cc2ccccc2)C1=O. The molecule has 2 aromatic rings. The maximum atomic E-state index is 12.8. The summed E-state index contributed by atoms with van der Waals surface area (Å²) in [6, 6.07) is 17.4. The van der Waals surface area contributed by atoms with E-state index in [9.17, 15) is 9.59 Å². The van der Waals surface area contributed by atoms with E-state index < -0.39 is 0 Å². The highest BCUT2D eigenvalue weighted by molar-refractivity contribution is 6.02. The van der Waals surface area contributed by atoms with Crippen LogP contribution in [0.1, 0.15) is 12.5 Å². The Morgan fingerprint density at radius 2 is 1.68 bits per heavy atom. The number of hydrogen-bond acceptors (Lipinski definition) is 2. The number of benzene rings is 2. The molecule has 1 atom stereocenters. The normalized spacial score (nSPS) is 17.9. The van der Waals surface area contributed by atoms with Crippen molar-refractivity contribution in [2.75, 3.05) is 16.3 Å². The van der Waals surface area contributed by atoms with E-state index >= 15 is 0 Å². The van der Waals surface area contributed by atoms with Crippen molar-refractivity contribution in [1.29, 1.82) is 0 Å². The Labute approximate surface area is 130 Å². The summed E-state index contributed by atoms with van der Waals surface area (Å²) in [6.07, 6.45) is 0.800. The molecule has 2 aromatic carbocycles. The summed E-state index contributed by atoms with van der Waals surface area (Å²) in [5, 5.41) is 0. The molecule has 1 aliphatic rings. The van der Waals surface area contributed by atoms with Gasteiger partial charge >= 0.3 is 0 Å². The highest BCUT2D eigenvalue weighted by atomic mass is 16.2. The zero-order chi connectivity index (χ0) is 15.5. The molecule has 0 radical (unpaired) electrons. The topological polar surface area (TPSA) is 40.6 Å². The summed E-state index contributed by atoms with van der Waals surface area (Å²) in [6.45, 7) is 2.78. The van der Waals surface area contributed by atoms with Gasteiger partial charge < -0.3 is 9.80 Å². The highest BCUT2D eigenvalue weighted by Gasteiger charge is 2.30. The number of para-hydroxylation sites is 2. The minimum Gasteiger partial charge on any atom is -0.312 e. The number of anilines is 2. The van der Waals surface area contributed by atoms with Gasteiger partial charge in [0.2, 0.25) is 12.3 Å². The van der Waals surface area contributed by atoms with Gasteiger partial charge in [-0.2, -0.15) is 0 Å². The monoisotopic (exact) mass is 294 g/mol. The Morgan fingerprint density at radius 3 is 2.36 bits per heavy atom. The van der Waals surface area contributed by atoms with E-state index in [0.717, 1.165) is 23.3 Å². The molecule has 112 valence electrons. The van der Waals surface area contributed by atoms with Gasteiger partial charge in [0, 0.05) is 6.54 Å². The third kappa shape index (κ3) is 2.60. The van der Waals surface area contributed by atoms with Crippen LogP contribution in [0.25, 0.3) is 0 Å². The number of hydrogen-bond donors (Lipinski definition) is 0. The smallest absolute Gasteiger partial charge is 0.231 e. The second-order valence-corrected chi connectivity index (χ2v) is 5.56. The second kappa shape index (κ2) is 6.02. The molecule has 0 unspecified atom stereocenters. The molecule has 1 aliphatic heterocycles. The molecule has 3 rings (SSSR count). The number of nitrogens with zero attached hydrogens (tertiary/aromatic N) is 2. The van der Waals surface area contributed by atoms with E-state index in [1.54, 1.807) is 9.80 Å². The van der Waals surface area contributed by atoms with Crippen LogP contribution < -0.4 is 9.80 Å². The minimum atomic E-state index is -0.235. The Hall–Kier alpha value is -2.62. The van der Waals surface area contributed by atoms with Crippen LogP contribution in [0.4, 0.5) is 11.4 Å². The first-order chi connectivity index (χ1) is 10.7. The van der Waals surface area contributed by atoms with Crippen LogP contribution >= 0.6 is 0 Å². The van der Waals surface area contributed by atoms with Gasteiger partial charge in [0.25, 0.3) is 0 Å². The van der Waals surface area contributed by atoms with Crippen molar-refractivity contribution in [1.82, 2.24) is 0 Å². The molecule has 0 N–H and O–H groups in total. The highest BCUT2D eigenvalue weighted by Crippen LogP contribution is 2.34. The lowest BCUT2D eigenvalue weighted by Gasteiger charge is -2.24. The second-order valence-electron chi connectivity index (χ2n) is 5.56. The van der Waals surface area contributed by atoms with Crippen LogP contribution in [-0.4, -0.2) is 18.9 Å². The molecule has 0 aromatic heterocycles. The number of rotatable bonds is 3. The maximum Gasteiger partial charge on any atom is 0.231 e. The van der Waals surface area contributed by atoms with Crippen molar-refractivity contribution in [3.8, 4) is 0 Å². The van der Waals surface area contributed by atoms with Gasteiger partial charge in [-0.05, 0) is 17.7 Å². The van der Waals surface area contributed by atoms with Crippen molar-refractivity contribution in [3.05, 3.63) is 60.2 Å². The fourth-order valence-electron chi connectivity index (χ4n) is 2.82. The predicted octanol–water partition coefficient (Wildman–Crippen LogP) is 2.83. The largest absolute Gasteiger partial charge is 0.312 e.